The summed E-state index contributed by atoms with van der Waals surface area (Å²) in [4.78, 5) is 39.3. The van der Waals surface area contributed by atoms with Gasteiger partial charge in [0, 0.05) is 30.2 Å². The molecule has 8 nitrogen and oxygen atoms in total. The van der Waals surface area contributed by atoms with Crippen molar-refractivity contribution < 1.29 is 22.8 Å². The van der Waals surface area contributed by atoms with Crippen molar-refractivity contribution in [2.75, 3.05) is 6.54 Å². The molecule has 3 rings (SSSR count). The molecule has 0 saturated carbocycles. The minimum Gasteiger partial charge on any atom is -0.349 e. The van der Waals surface area contributed by atoms with Crippen molar-refractivity contribution in [1.29, 1.82) is 0 Å². The van der Waals surface area contributed by atoms with Crippen LogP contribution in [-0.2, 0) is 37.2 Å². The molecule has 1 aromatic carbocycles. The van der Waals surface area contributed by atoms with Crippen LogP contribution in [0.3, 0.4) is 0 Å². The molecular formula is C22H27N3O5S2. The Morgan fingerprint density at radius 2 is 1.94 bits per heavy atom. The first-order valence-electron chi connectivity index (χ1n) is 10.5. The summed E-state index contributed by atoms with van der Waals surface area (Å²) in [7, 11) is -3.91. The monoisotopic (exact) mass is 477 g/mol. The molecule has 0 aliphatic carbocycles. The zero-order valence-corrected chi connectivity index (χ0v) is 19.7. The van der Waals surface area contributed by atoms with E-state index in [4.69, 9.17) is 0 Å². The zero-order valence-electron chi connectivity index (χ0n) is 18.0. The van der Waals surface area contributed by atoms with Crippen LogP contribution in [-0.4, -0.2) is 42.9 Å². The van der Waals surface area contributed by atoms with Gasteiger partial charge in [0.2, 0.25) is 15.8 Å². The highest BCUT2D eigenvalue weighted by molar-refractivity contribution is 7.89. The third-order valence-corrected chi connectivity index (χ3v) is 7.74. The molecule has 0 saturated heterocycles. The van der Waals surface area contributed by atoms with Crippen LogP contribution in [0.4, 0.5) is 0 Å². The number of nitrogens with zero attached hydrogens (tertiary/aromatic N) is 1. The molecule has 0 radical (unpaired) electrons. The van der Waals surface area contributed by atoms with Crippen LogP contribution < -0.4 is 10.0 Å². The molecule has 1 aliphatic heterocycles. The summed E-state index contributed by atoms with van der Waals surface area (Å²) < 4.78 is 32.3. The van der Waals surface area contributed by atoms with Crippen LogP contribution in [0.25, 0.3) is 0 Å². The Labute approximate surface area is 192 Å². The topological polar surface area (TPSA) is 122 Å². The molecule has 1 aromatic heterocycles. The maximum absolute atomic E-state index is 13.1. The van der Waals surface area contributed by atoms with Gasteiger partial charge in [-0.1, -0.05) is 32.0 Å². The van der Waals surface area contributed by atoms with Crippen LogP contribution in [0.1, 0.15) is 37.3 Å². The molecule has 1 aliphatic rings. The number of sulfonamides is 1. The molecule has 0 fully saturated rings. The Kier molecular flexibility index (Phi) is 7.91. The number of aryl methyl sites for hydroxylation is 1. The van der Waals surface area contributed by atoms with Crippen molar-refractivity contribution >= 4 is 39.0 Å². The fourth-order valence-electron chi connectivity index (χ4n) is 3.59. The van der Waals surface area contributed by atoms with Gasteiger partial charge in [-0.3, -0.25) is 14.4 Å². The van der Waals surface area contributed by atoms with Crippen molar-refractivity contribution in [3.8, 4) is 0 Å². The number of carbonyl (C=O) groups is 3. The average molecular weight is 478 g/mol. The number of fused-ring (bicyclic) bond motifs is 2. The Hall–Kier alpha value is -2.43. The lowest BCUT2D eigenvalue weighted by molar-refractivity contribution is -0.141. The summed E-state index contributed by atoms with van der Waals surface area (Å²) in [6.45, 7) is 3.77. The first kappa shape index (κ1) is 24.2. The van der Waals surface area contributed by atoms with Crippen LogP contribution in [0.2, 0.25) is 0 Å². The predicted octanol–water partition coefficient (Wildman–Crippen LogP) is 1.90. The number of rotatable bonds is 7. The number of hydrogen-bond donors (Lipinski definition) is 2. The van der Waals surface area contributed by atoms with Crippen molar-refractivity contribution in [1.82, 2.24) is 14.4 Å². The van der Waals surface area contributed by atoms with E-state index in [9.17, 15) is 22.8 Å². The average Bonchev–Trinajstić information content (AvgIpc) is 3.21. The molecule has 2 N–H and O–H groups in total. The molecule has 2 bridgehead atoms. The minimum atomic E-state index is -3.91. The minimum absolute atomic E-state index is 0.0600. The molecule has 10 heteroatoms. The quantitative estimate of drug-likeness (QED) is 0.587. The van der Waals surface area contributed by atoms with Gasteiger partial charge in [-0.15, -0.1) is 0 Å². The maximum atomic E-state index is 13.1. The number of hydrogen-bond acceptors (Lipinski definition) is 7. The van der Waals surface area contributed by atoms with Crippen molar-refractivity contribution in [2.24, 2.45) is 11.8 Å². The van der Waals surface area contributed by atoms with E-state index < -0.39 is 39.5 Å². The van der Waals surface area contributed by atoms with Gasteiger partial charge in [-0.25, -0.2) is 13.1 Å². The first-order valence-corrected chi connectivity index (χ1v) is 12.8. The number of amides is 1. The molecule has 2 unspecified atom stereocenters. The number of carbonyl (C=O) groups excluding carboxylic acids is 3. The first-order chi connectivity index (χ1) is 15.2. The van der Waals surface area contributed by atoms with E-state index in [1.807, 2.05) is 6.07 Å². The Balaban J connectivity index is 1.77. The summed E-state index contributed by atoms with van der Waals surface area (Å²) in [5.41, 5.74) is 0.863. The van der Waals surface area contributed by atoms with E-state index in [1.165, 1.54) is 23.7 Å². The van der Waals surface area contributed by atoms with E-state index in [0.29, 0.717) is 25.8 Å². The highest BCUT2D eigenvalue weighted by Crippen LogP contribution is 2.22. The van der Waals surface area contributed by atoms with Crippen LogP contribution in [0.5, 0.6) is 0 Å². The van der Waals surface area contributed by atoms with Crippen LogP contribution in [0, 0.1) is 11.8 Å². The fourth-order valence-corrected chi connectivity index (χ4v) is 5.75. The highest BCUT2D eigenvalue weighted by Gasteiger charge is 2.33. The summed E-state index contributed by atoms with van der Waals surface area (Å²) in [5.74, 6) is -2.93. The normalized spacial score (nSPS) is 18.7. The second-order valence-electron chi connectivity index (χ2n) is 8.22. The van der Waals surface area contributed by atoms with Gasteiger partial charge >= 0.3 is 0 Å². The maximum Gasteiger partial charge on any atom is 0.287 e. The zero-order chi connectivity index (χ0) is 23.3. The van der Waals surface area contributed by atoms with E-state index >= 15 is 0 Å². The second-order valence-corrected chi connectivity index (χ2v) is 10.8. The molecule has 172 valence electrons. The summed E-state index contributed by atoms with van der Waals surface area (Å²) in [6.07, 6.45) is 1.17. The summed E-state index contributed by atoms with van der Waals surface area (Å²) in [5, 5.41) is 2.60. The number of ketones is 2. The molecule has 1 amide bonds. The van der Waals surface area contributed by atoms with E-state index in [-0.39, 0.29) is 17.2 Å². The van der Waals surface area contributed by atoms with Gasteiger partial charge in [-0.05, 0) is 48.5 Å². The van der Waals surface area contributed by atoms with Crippen molar-refractivity contribution in [3.05, 3.63) is 47.0 Å². The number of Topliss-reactive ketones (excluding diaryl/α,β-unsaturated/α-hetero) is 2. The summed E-state index contributed by atoms with van der Waals surface area (Å²) >= 11 is 1.35. The van der Waals surface area contributed by atoms with E-state index in [2.05, 4.69) is 14.4 Å². The Morgan fingerprint density at radius 3 is 2.62 bits per heavy atom. The second kappa shape index (κ2) is 10.5. The van der Waals surface area contributed by atoms with E-state index in [0.717, 1.165) is 10.6 Å². The van der Waals surface area contributed by atoms with Gasteiger partial charge < -0.3 is 5.32 Å². The number of benzene rings is 1. The molecule has 0 spiro atoms. The van der Waals surface area contributed by atoms with Crippen LogP contribution in [0.15, 0.2) is 41.3 Å². The van der Waals surface area contributed by atoms with Gasteiger partial charge in [0.05, 0.1) is 16.6 Å². The van der Waals surface area contributed by atoms with Gasteiger partial charge in [0.15, 0.2) is 5.78 Å². The summed E-state index contributed by atoms with van der Waals surface area (Å²) in [6, 6.07) is 8.75. The largest absolute Gasteiger partial charge is 0.349 e. The molecule has 2 atom stereocenters. The smallest absolute Gasteiger partial charge is 0.287 e. The van der Waals surface area contributed by atoms with Crippen molar-refractivity contribution in [3.63, 3.8) is 0 Å². The highest BCUT2D eigenvalue weighted by atomic mass is 32.2. The SMILES string of the molecule is CC(C)C(NS(=O)(=O)c1ccccc1)C(=O)CC1CCc2cc(ns2)CCNC(=O)C1=O. The van der Waals surface area contributed by atoms with E-state index in [1.54, 1.807) is 32.0 Å². The Bertz CT molecular complexity index is 1080. The van der Waals surface area contributed by atoms with Gasteiger partial charge in [0.1, 0.15) is 0 Å². The molecular weight excluding hydrogens is 450 g/mol. The van der Waals surface area contributed by atoms with Gasteiger partial charge in [-0.2, -0.15) is 4.37 Å². The predicted molar refractivity (Wildman–Crippen MR) is 121 cm³/mol. The lowest BCUT2D eigenvalue weighted by Gasteiger charge is -2.23. The lowest BCUT2D eigenvalue weighted by atomic mass is 9.87. The third kappa shape index (κ3) is 6.08. The lowest BCUT2D eigenvalue weighted by Crippen LogP contribution is -2.46. The molecule has 2 aromatic rings. The number of nitrogens with one attached hydrogen (secondary N) is 2. The Morgan fingerprint density at radius 1 is 1.22 bits per heavy atom. The van der Waals surface area contributed by atoms with Crippen LogP contribution >= 0.6 is 11.5 Å². The number of aromatic nitrogens is 1. The van der Waals surface area contributed by atoms with Gasteiger partial charge in [0.25, 0.3) is 5.91 Å². The van der Waals surface area contributed by atoms with Crippen molar-refractivity contribution in [2.45, 2.75) is 50.5 Å². The molecule has 32 heavy (non-hydrogen) atoms. The third-order valence-electron chi connectivity index (χ3n) is 5.40. The standard InChI is InChI=1S/C22H27N3O5S2/c1-14(2)20(25-32(29,30)18-6-4-3-5-7-18)19(26)12-15-8-9-17-13-16(24-31-17)10-11-23-22(28)21(15)27/h3-7,13-15,20,25H,8-12H2,1-2H3,(H,23,28). The fraction of sp³-hybridized carbons (Fsp3) is 0.455. The molecule has 2 heterocycles.